The molecule has 3 rings (SSSR count). The second kappa shape index (κ2) is 10.8. The summed E-state index contributed by atoms with van der Waals surface area (Å²) in [5.74, 6) is 0.976. The van der Waals surface area contributed by atoms with Crippen molar-refractivity contribution in [2.24, 2.45) is 11.8 Å². The van der Waals surface area contributed by atoms with Crippen LogP contribution in [0.4, 0.5) is 0 Å². The maximum Gasteiger partial charge on any atom is 0.255 e. The molecule has 1 aromatic rings. The van der Waals surface area contributed by atoms with Gasteiger partial charge in [0.2, 0.25) is 5.91 Å². The van der Waals surface area contributed by atoms with Crippen LogP contribution in [-0.4, -0.2) is 60.4 Å². The van der Waals surface area contributed by atoms with Gasteiger partial charge < -0.3 is 10.2 Å². The predicted molar refractivity (Wildman–Crippen MR) is 122 cm³/mol. The molecule has 1 heterocycles. The lowest BCUT2D eigenvalue weighted by molar-refractivity contribution is -0.129. The van der Waals surface area contributed by atoms with Crippen LogP contribution in [0.2, 0.25) is 10.0 Å². The third-order valence-corrected chi connectivity index (χ3v) is 7.14. The first kappa shape index (κ1) is 23.4. The van der Waals surface area contributed by atoms with E-state index >= 15 is 0 Å². The van der Waals surface area contributed by atoms with Crippen molar-refractivity contribution in [3.63, 3.8) is 0 Å². The van der Waals surface area contributed by atoms with E-state index < -0.39 is 0 Å². The molecule has 1 saturated heterocycles. The molecule has 1 aliphatic heterocycles. The van der Waals surface area contributed by atoms with Crippen molar-refractivity contribution >= 4 is 35.0 Å². The minimum absolute atomic E-state index is 0.0741. The highest BCUT2D eigenvalue weighted by Gasteiger charge is 2.37. The fraction of sp³-hybridized carbons (Fsp3) is 0.652. The lowest BCUT2D eigenvalue weighted by atomic mass is 9.94. The summed E-state index contributed by atoms with van der Waals surface area (Å²) in [6, 6.07) is 4.88. The molecule has 1 aromatic carbocycles. The third kappa shape index (κ3) is 5.68. The molecule has 7 heteroatoms. The predicted octanol–water partition coefficient (Wildman–Crippen LogP) is 4.47. The molecule has 1 N–H and O–H groups in total. The van der Waals surface area contributed by atoms with Crippen molar-refractivity contribution in [1.82, 2.24) is 15.1 Å². The molecule has 5 nitrogen and oxygen atoms in total. The number of nitrogens with zero attached hydrogens (tertiary/aromatic N) is 2. The molecule has 2 aliphatic rings. The monoisotopic (exact) mass is 453 g/mol. The Hall–Kier alpha value is -1.30. The lowest BCUT2D eigenvalue weighted by Gasteiger charge is -2.41. The van der Waals surface area contributed by atoms with E-state index in [0.717, 1.165) is 25.8 Å². The van der Waals surface area contributed by atoms with Gasteiger partial charge in [-0.25, -0.2) is 0 Å². The standard InChI is InChI=1S/C23H33Cl2N3O2/c1-3-16(2)15-26-22(29)21(17-6-4-5-7-17)27-10-12-28(13-11-27)23(30)19-9-8-18(24)14-20(19)25/h8-9,14,16-17,21H,3-7,10-13,15H2,1-2H3,(H,26,29). The Labute approximate surface area is 190 Å². The molecule has 0 aromatic heterocycles. The van der Waals surface area contributed by atoms with Gasteiger partial charge in [0, 0.05) is 37.7 Å². The van der Waals surface area contributed by atoms with E-state index in [9.17, 15) is 9.59 Å². The quantitative estimate of drug-likeness (QED) is 0.662. The highest BCUT2D eigenvalue weighted by Crippen LogP contribution is 2.31. The summed E-state index contributed by atoms with van der Waals surface area (Å²) in [4.78, 5) is 30.1. The first-order valence-corrected chi connectivity index (χ1v) is 11.9. The third-order valence-electron chi connectivity index (χ3n) is 6.59. The molecule has 2 atom stereocenters. The molecule has 0 bridgehead atoms. The number of halogens is 2. The summed E-state index contributed by atoms with van der Waals surface area (Å²) in [5, 5.41) is 4.08. The second-order valence-electron chi connectivity index (χ2n) is 8.70. The number of rotatable bonds is 7. The Morgan fingerprint density at radius 2 is 1.80 bits per heavy atom. The molecule has 166 valence electrons. The largest absolute Gasteiger partial charge is 0.354 e. The SMILES string of the molecule is CCC(C)CNC(=O)C(C1CCCC1)N1CCN(C(=O)c2ccc(Cl)cc2Cl)CC1. The first-order valence-electron chi connectivity index (χ1n) is 11.2. The molecule has 1 saturated carbocycles. The molecule has 2 amide bonds. The zero-order valence-electron chi connectivity index (χ0n) is 18.0. The molecular formula is C23H33Cl2N3O2. The van der Waals surface area contributed by atoms with Gasteiger partial charge in [0.25, 0.3) is 5.91 Å². The van der Waals surface area contributed by atoms with E-state index in [0.29, 0.717) is 53.6 Å². The number of nitrogens with one attached hydrogen (secondary N) is 1. The van der Waals surface area contributed by atoms with E-state index in [2.05, 4.69) is 24.1 Å². The van der Waals surface area contributed by atoms with Gasteiger partial charge in [-0.05, 0) is 42.9 Å². The minimum Gasteiger partial charge on any atom is -0.354 e. The zero-order valence-corrected chi connectivity index (χ0v) is 19.5. The number of hydrogen-bond donors (Lipinski definition) is 1. The summed E-state index contributed by atoms with van der Waals surface area (Å²) < 4.78 is 0. The van der Waals surface area contributed by atoms with Crippen molar-refractivity contribution in [2.75, 3.05) is 32.7 Å². The van der Waals surface area contributed by atoms with Crippen LogP contribution in [0.15, 0.2) is 18.2 Å². The van der Waals surface area contributed by atoms with Crippen molar-refractivity contribution in [1.29, 1.82) is 0 Å². The number of piperazine rings is 1. The summed E-state index contributed by atoms with van der Waals surface area (Å²) >= 11 is 12.2. The van der Waals surface area contributed by atoms with E-state index in [-0.39, 0.29) is 17.9 Å². The number of amides is 2. The smallest absolute Gasteiger partial charge is 0.255 e. The molecule has 0 spiro atoms. The van der Waals surface area contributed by atoms with E-state index in [1.54, 1.807) is 18.2 Å². The zero-order chi connectivity index (χ0) is 21.7. The molecule has 1 aliphatic carbocycles. The highest BCUT2D eigenvalue weighted by atomic mass is 35.5. The normalized spacial score (nSPS) is 20.2. The molecular weight excluding hydrogens is 421 g/mol. The number of carbonyl (C=O) groups excluding carboxylic acids is 2. The van der Waals surface area contributed by atoms with Crippen LogP contribution in [-0.2, 0) is 4.79 Å². The van der Waals surface area contributed by atoms with Gasteiger partial charge in [-0.1, -0.05) is 56.3 Å². The van der Waals surface area contributed by atoms with Crippen LogP contribution in [0.1, 0.15) is 56.3 Å². The molecule has 2 fully saturated rings. The summed E-state index contributed by atoms with van der Waals surface area (Å²) in [6.07, 6.45) is 5.69. The molecule has 30 heavy (non-hydrogen) atoms. The minimum atomic E-state index is -0.0899. The van der Waals surface area contributed by atoms with Gasteiger partial charge in [0.05, 0.1) is 16.6 Å². The van der Waals surface area contributed by atoms with Crippen molar-refractivity contribution in [3.8, 4) is 0 Å². The van der Waals surface area contributed by atoms with Crippen molar-refractivity contribution in [2.45, 2.75) is 52.0 Å². The molecule has 2 unspecified atom stereocenters. The maximum atomic E-state index is 13.1. The van der Waals surface area contributed by atoms with Gasteiger partial charge in [0.1, 0.15) is 0 Å². The lowest BCUT2D eigenvalue weighted by Crippen LogP contribution is -2.58. The van der Waals surface area contributed by atoms with Crippen LogP contribution >= 0.6 is 23.2 Å². The van der Waals surface area contributed by atoms with Crippen LogP contribution in [0.25, 0.3) is 0 Å². The number of benzene rings is 1. The Morgan fingerprint density at radius 3 is 2.40 bits per heavy atom. The fourth-order valence-corrected chi connectivity index (χ4v) is 5.00. The van der Waals surface area contributed by atoms with Gasteiger partial charge >= 0.3 is 0 Å². The second-order valence-corrected chi connectivity index (χ2v) is 9.54. The summed E-state index contributed by atoms with van der Waals surface area (Å²) in [5.41, 5.74) is 0.480. The van der Waals surface area contributed by atoms with E-state index in [1.807, 2.05) is 4.90 Å². The average Bonchev–Trinajstić information content (AvgIpc) is 3.26. The van der Waals surface area contributed by atoms with Gasteiger partial charge in [-0.3, -0.25) is 14.5 Å². The Kier molecular flexibility index (Phi) is 8.44. The van der Waals surface area contributed by atoms with E-state index in [1.165, 1.54) is 12.8 Å². The Morgan fingerprint density at radius 1 is 1.13 bits per heavy atom. The fourth-order valence-electron chi connectivity index (χ4n) is 4.51. The van der Waals surface area contributed by atoms with Crippen LogP contribution < -0.4 is 5.32 Å². The van der Waals surface area contributed by atoms with Crippen molar-refractivity contribution in [3.05, 3.63) is 33.8 Å². The van der Waals surface area contributed by atoms with E-state index in [4.69, 9.17) is 23.2 Å². The highest BCUT2D eigenvalue weighted by molar-refractivity contribution is 6.36. The topological polar surface area (TPSA) is 52.7 Å². The number of hydrogen-bond acceptors (Lipinski definition) is 3. The first-order chi connectivity index (χ1) is 14.4. The number of carbonyl (C=O) groups is 2. The van der Waals surface area contributed by atoms with Crippen LogP contribution in [0, 0.1) is 11.8 Å². The van der Waals surface area contributed by atoms with Gasteiger partial charge in [-0.15, -0.1) is 0 Å². The Balaban J connectivity index is 1.63. The summed E-state index contributed by atoms with van der Waals surface area (Å²) in [7, 11) is 0. The maximum absolute atomic E-state index is 13.1. The summed E-state index contributed by atoms with van der Waals surface area (Å²) in [6.45, 7) is 7.64. The van der Waals surface area contributed by atoms with Gasteiger partial charge in [-0.2, -0.15) is 0 Å². The van der Waals surface area contributed by atoms with Crippen LogP contribution in [0.3, 0.4) is 0 Å². The Bertz CT molecular complexity index is 744. The van der Waals surface area contributed by atoms with Crippen molar-refractivity contribution < 1.29 is 9.59 Å². The average molecular weight is 454 g/mol. The molecule has 0 radical (unpaired) electrons. The van der Waals surface area contributed by atoms with Gasteiger partial charge in [0.15, 0.2) is 0 Å². The van der Waals surface area contributed by atoms with Crippen LogP contribution in [0.5, 0.6) is 0 Å².